The summed E-state index contributed by atoms with van der Waals surface area (Å²) < 4.78 is 9.56. The van der Waals surface area contributed by atoms with Crippen molar-refractivity contribution in [2.24, 2.45) is 0 Å². The molecule has 0 spiro atoms. The summed E-state index contributed by atoms with van der Waals surface area (Å²) in [6, 6.07) is 0. The molecule has 1 atom stereocenters. The van der Waals surface area contributed by atoms with Crippen molar-refractivity contribution in [2.45, 2.75) is 6.10 Å². The molecule has 0 radical (unpaired) electrons. The van der Waals surface area contributed by atoms with Crippen LogP contribution in [0, 0.1) is 0 Å². The molecule has 1 aliphatic heterocycles. The lowest BCUT2D eigenvalue weighted by atomic mass is 10.3. The summed E-state index contributed by atoms with van der Waals surface area (Å²) in [5.74, 6) is -0.429. The van der Waals surface area contributed by atoms with Gasteiger partial charge >= 0.3 is 5.97 Å². The SMILES string of the molecule is COC(=O)C1CN(C=O)CCO1. The van der Waals surface area contributed by atoms with E-state index in [2.05, 4.69) is 4.74 Å². The molecule has 0 aliphatic carbocycles. The number of amides is 1. The highest BCUT2D eigenvalue weighted by Gasteiger charge is 2.26. The van der Waals surface area contributed by atoms with Crippen LogP contribution in [0.25, 0.3) is 0 Å². The average Bonchev–Trinajstić information content (AvgIpc) is 2.17. The molecule has 1 aliphatic rings. The lowest BCUT2D eigenvalue weighted by Crippen LogP contribution is -2.45. The molecule has 0 saturated carbocycles. The van der Waals surface area contributed by atoms with Gasteiger partial charge in [-0.2, -0.15) is 0 Å². The van der Waals surface area contributed by atoms with Crippen LogP contribution in [0.2, 0.25) is 0 Å². The maximum absolute atomic E-state index is 10.9. The fraction of sp³-hybridized carbons (Fsp3) is 0.714. The third-order valence-electron chi connectivity index (χ3n) is 1.71. The molecular weight excluding hydrogens is 162 g/mol. The van der Waals surface area contributed by atoms with E-state index in [4.69, 9.17) is 4.74 Å². The van der Waals surface area contributed by atoms with E-state index in [1.54, 1.807) is 0 Å². The number of hydrogen-bond acceptors (Lipinski definition) is 4. The maximum Gasteiger partial charge on any atom is 0.336 e. The molecular formula is C7H11NO4. The van der Waals surface area contributed by atoms with Crippen LogP contribution in [-0.2, 0) is 19.1 Å². The first-order valence-corrected chi connectivity index (χ1v) is 3.66. The summed E-state index contributed by atoms with van der Waals surface area (Å²) in [6.07, 6.45) is 0.0901. The van der Waals surface area contributed by atoms with E-state index < -0.39 is 12.1 Å². The number of ether oxygens (including phenoxy) is 2. The van der Waals surface area contributed by atoms with Crippen molar-refractivity contribution in [2.75, 3.05) is 26.8 Å². The summed E-state index contributed by atoms with van der Waals surface area (Å²) in [7, 11) is 1.30. The Kier molecular flexibility index (Phi) is 3.04. The van der Waals surface area contributed by atoms with Crippen LogP contribution >= 0.6 is 0 Å². The molecule has 68 valence electrons. The highest BCUT2D eigenvalue weighted by atomic mass is 16.6. The molecule has 1 fully saturated rings. The Morgan fingerprint density at radius 2 is 2.50 bits per heavy atom. The Hall–Kier alpha value is -1.10. The molecule has 0 bridgehead atoms. The Balaban J connectivity index is 2.45. The second-order valence-corrected chi connectivity index (χ2v) is 2.48. The third-order valence-corrected chi connectivity index (χ3v) is 1.71. The van der Waals surface area contributed by atoms with Gasteiger partial charge in [0.05, 0.1) is 20.3 Å². The first-order chi connectivity index (χ1) is 5.77. The maximum atomic E-state index is 10.9. The van der Waals surface area contributed by atoms with Gasteiger partial charge in [-0.15, -0.1) is 0 Å². The van der Waals surface area contributed by atoms with E-state index in [-0.39, 0.29) is 6.54 Å². The monoisotopic (exact) mass is 173 g/mol. The lowest BCUT2D eigenvalue weighted by Gasteiger charge is -2.28. The second-order valence-electron chi connectivity index (χ2n) is 2.48. The standard InChI is InChI=1S/C7H11NO4/c1-11-7(10)6-4-8(5-9)2-3-12-6/h5-6H,2-4H2,1H3. The Morgan fingerprint density at radius 3 is 3.08 bits per heavy atom. The largest absolute Gasteiger partial charge is 0.467 e. The van der Waals surface area contributed by atoms with Crippen LogP contribution in [0.15, 0.2) is 0 Å². The zero-order valence-electron chi connectivity index (χ0n) is 6.86. The van der Waals surface area contributed by atoms with E-state index >= 15 is 0 Å². The molecule has 1 amide bonds. The number of nitrogens with zero attached hydrogens (tertiary/aromatic N) is 1. The zero-order chi connectivity index (χ0) is 8.97. The first kappa shape index (κ1) is 8.99. The van der Waals surface area contributed by atoms with Gasteiger partial charge in [0, 0.05) is 6.54 Å². The van der Waals surface area contributed by atoms with E-state index in [0.29, 0.717) is 19.6 Å². The van der Waals surface area contributed by atoms with Gasteiger partial charge in [-0.05, 0) is 0 Å². The van der Waals surface area contributed by atoms with Crippen LogP contribution < -0.4 is 0 Å². The molecule has 5 nitrogen and oxygen atoms in total. The van der Waals surface area contributed by atoms with E-state index in [1.807, 2.05) is 0 Å². The van der Waals surface area contributed by atoms with E-state index in [0.717, 1.165) is 0 Å². The van der Waals surface area contributed by atoms with Gasteiger partial charge in [0.25, 0.3) is 0 Å². The fourth-order valence-corrected chi connectivity index (χ4v) is 1.04. The van der Waals surface area contributed by atoms with Gasteiger partial charge in [0.2, 0.25) is 6.41 Å². The Bertz CT molecular complexity index is 182. The lowest BCUT2D eigenvalue weighted by molar-refractivity contribution is -0.160. The number of rotatable bonds is 2. The summed E-state index contributed by atoms with van der Waals surface area (Å²) in [4.78, 5) is 22.8. The van der Waals surface area contributed by atoms with Gasteiger partial charge in [0.15, 0.2) is 6.10 Å². The van der Waals surface area contributed by atoms with Crippen LogP contribution in [0.3, 0.4) is 0 Å². The fourth-order valence-electron chi connectivity index (χ4n) is 1.04. The Morgan fingerprint density at radius 1 is 1.75 bits per heavy atom. The van der Waals surface area contributed by atoms with Gasteiger partial charge in [-0.25, -0.2) is 4.79 Å². The van der Waals surface area contributed by atoms with Gasteiger partial charge in [-0.3, -0.25) is 4.79 Å². The third kappa shape index (κ3) is 1.94. The minimum atomic E-state index is -0.617. The van der Waals surface area contributed by atoms with Crippen LogP contribution in [-0.4, -0.2) is 50.2 Å². The minimum Gasteiger partial charge on any atom is -0.467 e. The van der Waals surface area contributed by atoms with Gasteiger partial charge in [0.1, 0.15) is 0 Å². The summed E-state index contributed by atoms with van der Waals surface area (Å²) >= 11 is 0. The Labute approximate surface area is 70.2 Å². The van der Waals surface area contributed by atoms with Crippen molar-refractivity contribution < 1.29 is 19.1 Å². The number of hydrogen-bond donors (Lipinski definition) is 0. The van der Waals surface area contributed by atoms with Crippen molar-refractivity contribution in [3.05, 3.63) is 0 Å². The number of methoxy groups -OCH3 is 1. The second kappa shape index (κ2) is 4.06. The smallest absolute Gasteiger partial charge is 0.336 e. The van der Waals surface area contributed by atoms with Crippen LogP contribution in [0.1, 0.15) is 0 Å². The summed E-state index contributed by atoms with van der Waals surface area (Å²) in [6.45, 7) is 1.21. The van der Waals surface area contributed by atoms with Crippen LogP contribution in [0.4, 0.5) is 0 Å². The average molecular weight is 173 g/mol. The van der Waals surface area contributed by atoms with Crippen molar-refractivity contribution in [1.29, 1.82) is 0 Å². The first-order valence-electron chi connectivity index (χ1n) is 3.66. The van der Waals surface area contributed by atoms with Crippen molar-refractivity contribution in [3.8, 4) is 0 Å². The summed E-state index contributed by atoms with van der Waals surface area (Å²) in [5.41, 5.74) is 0. The van der Waals surface area contributed by atoms with Gasteiger partial charge < -0.3 is 14.4 Å². The highest BCUT2D eigenvalue weighted by Crippen LogP contribution is 2.04. The van der Waals surface area contributed by atoms with Gasteiger partial charge in [-0.1, -0.05) is 0 Å². The topological polar surface area (TPSA) is 55.8 Å². The molecule has 0 aromatic carbocycles. The number of carbonyl (C=O) groups is 2. The number of esters is 1. The highest BCUT2D eigenvalue weighted by molar-refractivity contribution is 5.75. The predicted octanol–water partition coefficient (Wildman–Crippen LogP) is -0.983. The molecule has 0 N–H and O–H groups in total. The van der Waals surface area contributed by atoms with E-state index in [1.165, 1.54) is 12.0 Å². The molecule has 0 aromatic heterocycles. The molecule has 0 aromatic rings. The van der Waals surface area contributed by atoms with Crippen molar-refractivity contribution >= 4 is 12.4 Å². The quantitative estimate of drug-likeness (QED) is 0.397. The molecule has 1 saturated heterocycles. The minimum absolute atomic E-state index is 0.288. The molecule has 1 rings (SSSR count). The number of morpholine rings is 1. The molecule has 1 unspecified atom stereocenters. The van der Waals surface area contributed by atoms with Crippen molar-refractivity contribution in [1.82, 2.24) is 4.90 Å². The summed E-state index contributed by atoms with van der Waals surface area (Å²) in [5, 5.41) is 0. The molecule has 1 heterocycles. The predicted molar refractivity (Wildman–Crippen MR) is 39.4 cm³/mol. The van der Waals surface area contributed by atoms with E-state index in [9.17, 15) is 9.59 Å². The number of carbonyl (C=O) groups excluding carboxylic acids is 2. The normalized spacial score (nSPS) is 23.4. The van der Waals surface area contributed by atoms with Crippen molar-refractivity contribution in [3.63, 3.8) is 0 Å². The van der Waals surface area contributed by atoms with Crippen LogP contribution in [0.5, 0.6) is 0 Å². The zero-order valence-corrected chi connectivity index (χ0v) is 6.86. The molecule has 5 heteroatoms. The molecule has 12 heavy (non-hydrogen) atoms.